The zero-order chi connectivity index (χ0) is 23.9. The Labute approximate surface area is 195 Å². The van der Waals surface area contributed by atoms with Crippen molar-refractivity contribution >= 4 is 38.8 Å². The molecule has 0 spiro atoms. The van der Waals surface area contributed by atoms with Gasteiger partial charge in [-0.05, 0) is 25.1 Å². The van der Waals surface area contributed by atoms with Gasteiger partial charge in [0.05, 0.1) is 16.3 Å². The Kier molecular flexibility index (Phi) is 5.18. The molecule has 0 saturated carbocycles. The molecule has 1 aliphatic carbocycles. The van der Waals surface area contributed by atoms with Crippen molar-refractivity contribution in [2.24, 2.45) is 9.55 Å². The molecule has 1 heterocycles. The number of hydrogen-bond donors (Lipinski definition) is 1. The molecular formula is C25H17N3O5S. The highest BCUT2D eigenvalue weighted by Gasteiger charge is 2.30. The number of anilines is 1. The van der Waals surface area contributed by atoms with E-state index in [9.17, 15) is 18.0 Å². The molecule has 34 heavy (non-hydrogen) atoms. The number of hydrogen-bond acceptors (Lipinski definition) is 6. The first-order chi connectivity index (χ1) is 16.3. The van der Waals surface area contributed by atoms with Crippen LogP contribution in [0, 0.1) is 6.92 Å². The summed E-state index contributed by atoms with van der Waals surface area (Å²) in [7, 11) is -4.06. The Bertz CT molecular complexity index is 1550. The second-order valence-electron chi connectivity index (χ2n) is 7.68. The van der Waals surface area contributed by atoms with E-state index in [2.05, 4.69) is 14.9 Å². The molecule has 0 unspecified atom stereocenters. The summed E-state index contributed by atoms with van der Waals surface area (Å²) in [6, 6.07) is 19.7. The Hall–Kier alpha value is -4.37. The topological polar surface area (TPSA) is 114 Å². The number of allylic oxidation sites excluding steroid dienone is 2. The van der Waals surface area contributed by atoms with Crippen molar-refractivity contribution in [2.75, 3.05) is 5.32 Å². The minimum atomic E-state index is -4.06. The molecule has 168 valence electrons. The van der Waals surface area contributed by atoms with Gasteiger partial charge in [-0.25, -0.2) is 0 Å². The third-order valence-corrected chi connectivity index (χ3v) is 6.66. The van der Waals surface area contributed by atoms with Gasteiger partial charge in [-0.15, -0.1) is 0 Å². The molecule has 0 saturated heterocycles. The quantitative estimate of drug-likeness (QED) is 0.584. The number of carbonyl (C=O) groups excluding carboxylic acids is 2. The van der Waals surface area contributed by atoms with Gasteiger partial charge in [0.1, 0.15) is 0 Å². The van der Waals surface area contributed by atoms with Crippen molar-refractivity contribution in [1.82, 2.24) is 0 Å². The molecular weight excluding hydrogens is 454 g/mol. The van der Waals surface area contributed by atoms with E-state index < -0.39 is 21.7 Å². The second kappa shape index (κ2) is 8.20. The van der Waals surface area contributed by atoms with Crippen LogP contribution in [-0.2, 0) is 19.7 Å². The zero-order valence-corrected chi connectivity index (χ0v) is 18.7. The number of nitrogens with zero attached hydrogens (tertiary/aromatic N) is 2. The number of amides is 1. The molecule has 9 heteroatoms. The Morgan fingerprint density at radius 2 is 1.47 bits per heavy atom. The fourth-order valence-corrected chi connectivity index (χ4v) is 4.62. The van der Waals surface area contributed by atoms with E-state index in [1.54, 1.807) is 60.7 Å². The summed E-state index contributed by atoms with van der Waals surface area (Å²) < 4.78 is 29.8. The molecule has 3 aromatic carbocycles. The minimum Gasteiger partial charge on any atom is -0.352 e. The maximum Gasteiger partial charge on any atom is 0.282 e. The van der Waals surface area contributed by atoms with E-state index in [-0.39, 0.29) is 27.6 Å². The highest BCUT2D eigenvalue weighted by molar-refractivity contribution is 7.90. The van der Waals surface area contributed by atoms with Gasteiger partial charge in [0.2, 0.25) is 11.5 Å². The predicted molar refractivity (Wildman–Crippen MR) is 126 cm³/mol. The monoisotopic (exact) mass is 471 g/mol. The summed E-state index contributed by atoms with van der Waals surface area (Å²) in [6.45, 7) is 1.85. The number of ketones is 1. The molecule has 0 fully saturated rings. The third-order valence-electron chi connectivity index (χ3n) is 5.36. The van der Waals surface area contributed by atoms with Crippen LogP contribution in [0.3, 0.4) is 0 Å². The Morgan fingerprint density at radius 1 is 0.824 bits per heavy atom. The number of benzene rings is 3. The van der Waals surface area contributed by atoms with E-state index in [0.717, 1.165) is 5.56 Å². The molecule has 1 aliphatic heterocycles. The lowest BCUT2D eigenvalue weighted by Gasteiger charge is -2.15. The molecule has 8 nitrogen and oxygen atoms in total. The van der Waals surface area contributed by atoms with Crippen LogP contribution in [0.5, 0.6) is 0 Å². The van der Waals surface area contributed by atoms with Crippen molar-refractivity contribution in [3.8, 4) is 0 Å². The number of Topliss-reactive ketones (excluding diaryl/α,β-unsaturated/α-hetero) is 1. The van der Waals surface area contributed by atoms with Gasteiger partial charge in [-0.2, -0.15) is 12.8 Å². The standard InChI is InChI=1S/C25H17N3O5S/c1-15-10-12-16(13-11-15)34(31,32)28-21-14-22(24(29)18-7-3-2-6-17(18)21)33-27-23-19-8-4-5-9-20(19)26-25(23)30/h2-14H,1H3,(H,26,27,30)/b28-21-. The molecule has 3 aromatic rings. The Morgan fingerprint density at radius 3 is 2.21 bits per heavy atom. The van der Waals surface area contributed by atoms with Crippen molar-refractivity contribution in [3.05, 3.63) is 107 Å². The molecule has 5 rings (SSSR count). The number of sulfonamides is 1. The number of para-hydroxylation sites is 1. The molecule has 0 bridgehead atoms. The van der Waals surface area contributed by atoms with Crippen LogP contribution in [0.4, 0.5) is 5.69 Å². The van der Waals surface area contributed by atoms with Crippen LogP contribution < -0.4 is 5.32 Å². The van der Waals surface area contributed by atoms with Gasteiger partial charge in [0, 0.05) is 22.8 Å². The first kappa shape index (κ1) is 21.5. The summed E-state index contributed by atoms with van der Waals surface area (Å²) in [5, 5.41) is 6.57. The predicted octanol–water partition coefficient (Wildman–Crippen LogP) is 3.63. The minimum absolute atomic E-state index is 0.00826. The third kappa shape index (κ3) is 3.82. The number of rotatable bonds is 4. The first-order valence-corrected chi connectivity index (χ1v) is 11.7. The number of oxime groups is 1. The van der Waals surface area contributed by atoms with Gasteiger partial charge in [-0.1, -0.05) is 65.3 Å². The van der Waals surface area contributed by atoms with E-state index in [0.29, 0.717) is 16.8 Å². The summed E-state index contributed by atoms with van der Waals surface area (Å²) in [4.78, 5) is 30.7. The van der Waals surface area contributed by atoms with Crippen LogP contribution in [0.25, 0.3) is 0 Å². The van der Waals surface area contributed by atoms with Crippen LogP contribution in [0.2, 0.25) is 0 Å². The van der Waals surface area contributed by atoms with Crippen molar-refractivity contribution < 1.29 is 22.8 Å². The van der Waals surface area contributed by atoms with Gasteiger partial charge in [0.25, 0.3) is 15.9 Å². The lowest BCUT2D eigenvalue weighted by molar-refractivity contribution is -0.110. The number of fused-ring (bicyclic) bond motifs is 2. The molecule has 0 atom stereocenters. The molecule has 0 radical (unpaired) electrons. The van der Waals surface area contributed by atoms with Gasteiger partial charge < -0.3 is 10.2 Å². The van der Waals surface area contributed by atoms with Crippen LogP contribution in [0.15, 0.2) is 99.1 Å². The SMILES string of the molecule is Cc1ccc(S(=O)(=O)/N=C2/C=C(O/N=C3/C(=O)Nc4ccccc43)C(=O)c3ccccc32)cc1. The van der Waals surface area contributed by atoms with E-state index in [1.807, 2.05) is 6.92 Å². The average Bonchev–Trinajstić information content (AvgIpc) is 3.15. The molecule has 1 N–H and O–H groups in total. The second-order valence-corrected chi connectivity index (χ2v) is 9.28. The lowest BCUT2D eigenvalue weighted by atomic mass is 9.93. The molecule has 1 amide bonds. The Balaban J connectivity index is 1.56. The van der Waals surface area contributed by atoms with Gasteiger partial charge >= 0.3 is 0 Å². The maximum atomic E-state index is 13.0. The highest BCUT2D eigenvalue weighted by atomic mass is 32.2. The summed E-state index contributed by atoms with van der Waals surface area (Å²) in [5.41, 5.74) is 2.63. The smallest absolute Gasteiger partial charge is 0.282 e. The summed E-state index contributed by atoms with van der Waals surface area (Å²) in [5.74, 6) is -1.22. The van der Waals surface area contributed by atoms with Crippen LogP contribution >= 0.6 is 0 Å². The average molecular weight is 471 g/mol. The number of carbonyl (C=O) groups is 2. The van der Waals surface area contributed by atoms with Crippen LogP contribution in [-0.4, -0.2) is 31.5 Å². The molecule has 2 aliphatic rings. The highest BCUT2D eigenvalue weighted by Crippen LogP contribution is 2.27. The fraction of sp³-hybridized carbons (Fsp3) is 0.0400. The van der Waals surface area contributed by atoms with Gasteiger partial charge in [0.15, 0.2) is 5.71 Å². The van der Waals surface area contributed by atoms with E-state index in [1.165, 1.54) is 18.2 Å². The van der Waals surface area contributed by atoms with Crippen molar-refractivity contribution in [2.45, 2.75) is 11.8 Å². The largest absolute Gasteiger partial charge is 0.352 e. The number of aryl methyl sites for hydroxylation is 1. The zero-order valence-electron chi connectivity index (χ0n) is 17.8. The van der Waals surface area contributed by atoms with Crippen molar-refractivity contribution in [1.29, 1.82) is 0 Å². The fourth-order valence-electron chi connectivity index (χ4n) is 3.63. The lowest BCUT2D eigenvalue weighted by Crippen LogP contribution is -2.20. The van der Waals surface area contributed by atoms with E-state index in [4.69, 9.17) is 4.84 Å². The van der Waals surface area contributed by atoms with Crippen molar-refractivity contribution in [3.63, 3.8) is 0 Å². The summed E-state index contributed by atoms with van der Waals surface area (Å²) in [6.07, 6.45) is 1.22. The maximum absolute atomic E-state index is 13.0. The van der Waals surface area contributed by atoms with Crippen LogP contribution in [0.1, 0.15) is 27.0 Å². The summed E-state index contributed by atoms with van der Waals surface area (Å²) >= 11 is 0. The van der Waals surface area contributed by atoms with E-state index >= 15 is 0 Å². The van der Waals surface area contributed by atoms with Gasteiger partial charge in [-0.3, -0.25) is 9.59 Å². The number of nitrogens with one attached hydrogen (secondary N) is 1. The normalized spacial score (nSPS) is 17.3. The molecule has 0 aromatic heterocycles. The first-order valence-electron chi connectivity index (χ1n) is 10.3.